The number of hydrogen-bond donors (Lipinski definition) is 1. The fourth-order valence-electron chi connectivity index (χ4n) is 1.19. The largest absolute Gasteiger partial charge is 0.358 e. The van der Waals surface area contributed by atoms with Gasteiger partial charge in [0.15, 0.2) is 0 Å². The van der Waals surface area contributed by atoms with Crippen molar-refractivity contribution in [3.05, 3.63) is 34.9 Å². The molecule has 0 saturated carbocycles. The van der Waals surface area contributed by atoms with Gasteiger partial charge in [-0.2, -0.15) is 0 Å². The number of allylic oxidation sites excluding steroid dienone is 2. The Hall–Kier alpha value is -0.890. The summed E-state index contributed by atoms with van der Waals surface area (Å²) in [6.07, 6.45) is 0. The Morgan fingerprint density at radius 2 is 1.92 bits per heavy atom. The lowest BCUT2D eigenvalue weighted by atomic mass is 10.3. The first-order valence-corrected chi connectivity index (χ1v) is 4.80. The average Bonchev–Trinajstić information content (AvgIpc) is 2.07. The smallest absolute Gasteiger partial charge is 0.0523 e. The van der Waals surface area contributed by atoms with Crippen LogP contribution in [0.3, 0.4) is 0 Å². The number of para-hydroxylation sites is 1. The Balaban J connectivity index is 2.43. The van der Waals surface area contributed by atoms with Crippen LogP contribution in [0, 0.1) is 0 Å². The van der Waals surface area contributed by atoms with Crippen molar-refractivity contribution in [3.63, 3.8) is 0 Å². The first kappa shape index (κ1) is 7.74. The molecular formula is C10H11NS. The Bertz CT molecular complexity index is 308. The summed E-state index contributed by atoms with van der Waals surface area (Å²) in [7, 11) is 0. The van der Waals surface area contributed by atoms with Crippen molar-refractivity contribution in [2.24, 2.45) is 0 Å². The molecule has 0 atom stereocenters. The molecule has 1 N–H and O–H groups in total. The van der Waals surface area contributed by atoms with E-state index in [1.807, 2.05) is 11.8 Å². The minimum absolute atomic E-state index is 1.23. The third-order valence-electron chi connectivity index (χ3n) is 2.00. The van der Waals surface area contributed by atoms with Crippen LogP contribution in [-0.4, -0.2) is 0 Å². The number of fused-ring (bicyclic) bond motifs is 1. The number of thioether (sulfide) groups is 1. The molecule has 12 heavy (non-hydrogen) atoms. The molecule has 0 aromatic heterocycles. The van der Waals surface area contributed by atoms with Crippen LogP contribution in [0.25, 0.3) is 0 Å². The van der Waals surface area contributed by atoms with Gasteiger partial charge in [-0.25, -0.2) is 0 Å². The molecule has 0 amide bonds. The molecule has 0 unspecified atom stereocenters. The van der Waals surface area contributed by atoms with Crippen molar-refractivity contribution in [1.29, 1.82) is 0 Å². The molecule has 62 valence electrons. The molecule has 0 bridgehead atoms. The van der Waals surface area contributed by atoms with Gasteiger partial charge in [0.1, 0.15) is 0 Å². The molecule has 0 fully saturated rings. The third kappa shape index (κ3) is 1.23. The number of nitrogens with one attached hydrogen (secondary N) is 1. The van der Waals surface area contributed by atoms with E-state index >= 15 is 0 Å². The zero-order valence-electron chi connectivity index (χ0n) is 7.22. The first-order valence-electron chi connectivity index (χ1n) is 3.99. The van der Waals surface area contributed by atoms with E-state index in [1.165, 1.54) is 21.2 Å². The van der Waals surface area contributed by atoms with E-state index in [9.17, 15) is 0 Å². The molecule has 1 nitrogen and oxygen atoms in total. The molecule has 1 aromatic rings. The Morgan fingerprint density at radius 1 is 1.17 bits per heavy atom. The predicted molar refractivity (Wildman–Crippen MR) is 54.3 cm³/mol. The maximum Gasteiger partial charge on any atom is 0.0523 e. The molecule has 2 rings (SSSR count). The molecule has 1 aromatic carbocycles. The molecular weight excluding hydrogens is 166 g/mol. The minimum Gasteiger partial charge on any atom is -0.358 e. The molecule has 1 aliphatic rings. The quantitative estimate of drug-likeness (QED) is 0.651. The number of rotatable bonds is 0. The monoisotopic (exact) mass is 177 g/mol. The maximum atomic E-state index is 3.37. The lowest BCUT2D eigenvalue weighted by Gasteiger charge is -2.19. The molecule has 1 aliphatic heterocycles. The SMILES string of the molecule is CC1=C(C)Sc2ccccc2N1. The average molecular weight is 177 g/mol. The Morgan fingerprint density at radius 3 is 2.75 bits per heavy atom. The highest BCUT2D eigenvalue weighted by Crippen LogP contribution is 2.38. The van der Waals surface area contributed by atoms with Crippen LogP contribution < -0.4 is 5.32 Å². The normalized spacial score (nSPS) is 15.5. The van der Waals surface area contributed by atoms with Crippen molar-refractivity contribution in [2.75, 3.05) is 5.32 Å². The van der Waals surface area contributed by atoms with Gasteiger partial charge >= 0.3 is 0 Å². The van der Waals surface area contributed by atoms with E-state index in [4.69, 9.17) is 0 Å². The molecule has 0 saturated heterocycles. The Kier molecular flexibility index (Phi) is 1.85. The maximum absolute atomic E-state index is 3.37. The standard InChI is InChI=1S/C10H11NS/c1-7-8(2)12-10-6-4-3-5-9(10)11-7/h3-6,11H,1-2H3. The number of benzene rings is 1. The number of hydrogen-bond acceptors (Lipinski definition) is 2. The van der Waals surface area contributed by atoms with Gasteiger partial charge in [0.2, 0.25) is 0 Å². The van der Waals surface area contributed by atoms with Crippen LogP contribution in [0.2, 0.25) is 0 Å². The van der Waals surface area contributed by atoms with E-state index < -0.39 is 0 Å². The summed E-state index contributed by atoms with van der Waals surface area (Å²) in [5.41, 5.74) is 2.49. The van der Waals surface area contributed by atoms with Gasteiger partial charge in [-0.3, -0.25) is 0 Å². The second-order valence-electron chi connectivity index (χ2n) is 2.90. The van der Waals surface area contributed by atoms with Gasteiger partial charge in [-0.05, 0) is 26.0 Å². The number of anilines is 1. The van der Waals surface area contributed by atoms with Crippen molar-refractivity contribution in [1.82, 2.24) is 0 Å². The fraction of sp³-hybridized carbons (Fsp3) is 0.200. The fourth-order valence-corrected chi connectivity index (χ4v) is 2.10. The minimum atomic E-state index is 1.23. The van der Waals surface area contributed by atoms with Gasteiger partial charge in [-0.1, -0.05) is 23.9 Å². The highest BCUT2D eigenvalue weighted by atomic mass is 32.2. The lowest BCUT2D eigenvalue weighted by Crippen LogP contribution is -2.02. The summed E-state index contributed by atoms with van der Waals surface area (Å²) in [5.74, 6) is 0. The van der Waals surface area contributed by atoms with Gasteiger partial charge in [-0.15, -0.1) is 0 Å². The van der Waals surface area contributed by atoms with E-state index in [1.54, 1.807) is 0 Å². The summed E-state index contributed by atoms with van der Waals surface area (Å²) in [4.78, 5) is 2.68. The third-order valence-corrected chi connectivity index (χ3v) is 3.19. The topological polar surface area (TPSA) is 12.0 Å². The molecule has 1 heterocycles. The van der Waals surface area contributed by atoms with Crippen molar-refractivity contribution in [2.45, 2.75) is 18.7 Å². The van der Waals surface area contributed by atoms with Crippen LogP contribution in [-0.2, 0) is 0 Å². The van der Waals surface area contributed by atoms with E-state index in [-0.39, 0.29) is 0 Å². The molecule has 2 heteroatoms. The zero-order chi connectivity index (χ0) is 8.55. The van der Waals surface area contributed by atoms with Crippen LogP contribution in [0.4, 0.5) is 5.69 Å². The van der Waals surface area contributed by atoms with Gasteiger partial charge < -0.3 is 5.32 Å². The van der Waals surface area contributed by atoms with Gasteiger partial charge in [0.05, 0.1) is 5.69 Å². The van der Waals surface area contributed by atoms with Crippen LogP contribution in [0.15, 0.2) is 39.8 Å². The second-order valence-corrected chi connectivity index (χ2v) is 4.16. The Labute approximate surface area is 76.9 Å². The summed E-state index contributed by atoms with van der Waals surface area (Å²) < 4.78 is 0. The summed E-state index contributed by atoms with van der Waals surface area (Å²) in [5, 5.41) is 3.37. The summed E-state index contributed by atoms with van der Waals surface area (Å²) >= 11 is 1.84. The molecule has 0 spiro atoms. The molecule has 0 radical (unpaired) electrons. The van der Waals surface area contributed by atoms with E-state index in [0.717, 1.165) is 0 Å². The summed E-state index contributed by atoms with van der Waals surface area (Å²) in [6.45, 7) is 4.25. The zero-order valence-corrected chi connectivity index (χ0v) is 8.03. The van der Waals surface area contributed by atoms with Crippen LogP contribution >= 0.6 is 11.8 Å². The lowest BCUT2D eigenvalue weighted by molar-refractivity contribution is 1.27. The highest BCUT2D eigenvalue weighted by Gasteiger charge is 2.10. The van der Waals surface area contributed by atoms with Crippen molar-refractivity contribution in [3.8, 4) is 0 Å². The van der Waals surface area contributed by atoms with E-state index in [2.05, 4.69) is 43.4 Å². The van der Waals surface area contributed by atoms with Crippen LogP contribution in [0.5, 0.6) is 0 Å². The van der Waals surface area contributed by atoms with Gasteiger partial charge in [0.25, 0.3) is 0 Å². The van der Waals surface area contributed by atoms with Crippen LogP contribution in [0.1, 0.15) is 13.8 Å². The summed E-state index contributed by atoms with van der Waals surface area (Å²) in [6, 6.07) is 8.38. The van der Waals surface area contributed by atoms with Crippen molar-refractivity contribution >= 4 is 17.4 Å². The van der Waals surface area contributed by atoms with Gasteiger partial charge in [0, 0.05) is 15.5 Å². The second kappa shape index (κ2) is 2.87. The molecule has 0 aliphatic carbocycles. The first-order chi connectivity index (χ1) is 5.77. The van der Waals surface area contributed by atoms with Crippen molar-refractivity contribution < 1.29 is 0 Å². The van der Waals surface area contributed by atoms with E-state index in [0.29, 0.717) is 0 Å². The highest BCUT2D eigenvalue weighted by molar-refractivity contribution is 8.03. The predicted octanol–water partition coefficient (Wildman–Crippen LogP) is 3.46.